The van der Waals surface area contributed by atoms with Crippen LogP contribution in [-0.4, -0.2) is 56.4 Å². The number of hydrogen-bond donors (Lipinski definition) is 1. The lowest BCUT2D eigenvalue weighted by Crippen LogP contribution is -2.48. The number of amides is 1. The molecule has 2 unspecified atom stereocenters. The van der Waals surface area contributed by atoms with Gasteiger partial charge in [-0.3, -0.25) is 4.79 Å². The van der Waals surface area contributed by atoms with Crippen LogP contribution in [0.3, 0.4) is 0 Å². The van der Waals surface area contributed by atoms with E-state index >= 15 is 0 Å². The van der Waals surface area contributed by atoms with Crippen molar-refractivity contribution in [1.82, 2.24) is 4.90 Å². The Morgan fingerprint density at radius 3 is 2.50 bits per heavy atom. The number of ether oxygens (including phenoxy) is 2. The Kier molecular flexibility index (Phi) is 3.00. The SMILES string of the molecule is NC1COCC1C(=O)N1CCOCC1. The fourth-order valence-corrected chi connectivity index (χ4v) is 1.84. The van der Waals surface area contributed by atoms with Crippen molar-refractivity contribution in [1.29, 1.82) is 0 Å². The number of nitrogens with zero attached hydrogens (tertiary/aromatic N) is 1. The monoisotopic (exact) mass is 200 g/mol. The van der Waals surface area contributed by atoms with E-state index in [2.05, 4.69) is 0 Å². The van der Waals surface area contributed by atoms with Crippen molar-refractivity contribution in [2.75, 3.05) is 39.5 Å². The fourth-order valence-electron chi connectivity index (χ4n) is 1.84. The van der Waals surface area contributed by atoms with Crippen molar-refractivity contribution in [3.63, 3.8) is 0 Å². The van der Waals surface area contributed by atoms with Crippen LogP contribution in [-0.2, 0) is 14.3 Å². The summed E-state index contributed by atoms with van der Waals surface area (Å²) < 4.78 is 10.4. The summed E-state index contributed by atoms with van der Waals surface area (Å²) in [7, 11) is 0. The standard InChI is InChI=1S/C9H16N2O3/c10-8-6-14-5-7(8)9(12)11-1-3-13-4-2-11/h7-8H,1-6,10H2. The van der Waals surface area contributed by atoms with Crippen LogP contribution in [0.4, 0.5) is 0 Å². The lowest BCUT2D eigenvalue weighted by atomic mass is 10.0. The number of nitrogens with two attached hydrogens (primary N) is 1. The molecule has 0 spiro atoms. The third-order valence-electron chi connectivity index (χ3n) is 2.76. The van der Waals surface area contributed by atoms with Crippen LogP contribution in [0.2, 0.25) is 0 Å². The van der Waals surface area contributed by atoms with Gasteiger partial charge in [0.05, 0.1) is 32.3 Å². The molecule has 2 heterocycles. The molecule has 2 aliphatic heterocycles. The van der Waals surface area contributed by atoms with Gasteiger partial charge in [-0.2, -0.15) is 0 Å². The van der Waals surface area contributed by atoms with E-state index in [9.17, 15) is 4.79 Å². The molecule has 0 bridgehead atoms. The summed E-state index contributed by atoms with van der Waals surface area (Å²) in [5.74, 6) is -0.0219. The molecular formula is C9H16N2O3. The van der Waals surface area contributed by atoms with E-state index in [0.29, 0.717) is 39.5 Å². The highest BCUT2D eigenvalue weighted by Crippen LogP contribution is 2.15. The predicted octanol–water partition coefficient (Wildman–Crippen LogP) is -1.18. The van der Waals surface area contributed by atoms with E-state index in [1.807, 2.05) is 4.90 Å². The van der Waals surface area contributed by atoms with Crippen molar-refractivity contribution >= 4 is 5.91 Å². The van der Waals surface area contributed by atoms with Crippen molar-refractivity contribution in [2.24, 2.45) is 11.7 Å². The predicted molar refractivity (Wildman–Crippen MR) is 49.7 cm³/mol. The van der Waals surface area contributed by atoms with Gasteiger partial charge >= 0.3 is 0 Å². The Morgan fingerprint density at radius 1 is 1.21 bits per heavy atom. The molecule has 2 aliphatic rings. The van der Waals surface area contributed by atoms with Crippen LogP contribution < -0.4 is 5.73 Å². The average Bonchev–Trinajstić information content (AvgIpc) is 2.65. The summed E-state index contributed by atoms with van der Waals surface area (Å²) in [6, 6.07) is -0.134. The molecule has 0 saturated carbocycles. The van der Waals surface area contributed by atoms with Crippen LogP contribution in [0, 0.1) is 5.92 Å². The van der Waals surface area contributed by atoms with Gasteiger partial charge in [0, 0.05) is 19.1 Å². The minimum Gasteiger partial charge on any atom is -0.379 e. The Hall–Kier alpha value is -0.650. The molecule has 0 aromatic heterocycles. The molecule has 2 fully saturated rings. The molecule has 0 radical (unpaired) electrons. The lowest BCUT2D eigenvalue weighted by Gasteiger charge is -2.29. The van der Waals surface area contributed by atoms with Crippen LogP contribution in [0.25, 0.3) is 0 Å². The number of hydrogen-bond acceptors (Lipinski definition) is 4. The zero-order valence-corrected chi connectivity index (χ0v) is 8.15. The maximum Gasteiger partial charge on any atom is 0.229 e. The topological polar surface area (TPSA) is 64.8 Å². The zero-order chi connectivity index (χ0) is 9.97. The van der Waals surface area contributed by atoms with Gasteiger partial charge < -0.3 is 20.1 Å². The largest absolute Gasteiger partial charge is 0.379 e. The first-order chi connectivity index (χ1) is 6.79. The molecule has 2 N–H and O–H groups in total. The normalized spacial score (nSPS) is 33.4. The maximum absolute atomic E-state index is 11.9. The first kappa shape index (κ1) is 9.89. The third-order valence-corrected chi connectivity index (χ3v) is 2.76. The Balaban J connectivity index is 1.92. The highest BCUT2D eigenvalue weighted by atomic mass is 16.5. The second-order valence-corrected chi connectivity index (χ2v) is 3.75. The van der Waals surface area contributed by atoms with Gasteiger partial charge in [-0.15, -0.1) is 0 Å². The summed E-state index contributed by atoms with van der Waals surface area (Å²) in [6.45, 7) is 3.60. The fraction of sp³-hybridized carbons (Fsp3) is 0.889. The molecule has 0 aliphatic carbocycles. The van der Waals surface area contributed by atoms with Gasteiger partial charge in [0.15, 0.2) is 0 Å². The minimum atomic E-state index is -0.145. The van der Waals surface area contributed by atoms with Gasteiger partial charge in [-0.05, 0) is 0 Å². The van der Waals surface area contributed by atoms with E-state index in [-0.39, 0.29) is 17.9 Å². The Labute approximate surface area is 83.1 Å². The second-order valence-electron chi connectivity index (χ2n) is 3.75. The molecule has 5 heteroatoms. The maximum atomic E-state index is 11.9. The van der Waals surface area contributed by atoms with E-state index in [1.54, 1.807) is 0 Å². The smallest absolute Gasteiger partial charge is 0.229 e. The van der Waals surface area contributed by atoms with Crippen molar-refractivity contribution < 1.29 is 14.3 Å². The number of carbonyl (C=O) groups excluding carboxylic acids is 1. The van der Waals surface area contributed by atoms with Gasteiger partial charge in [0.25, 0.3) is 0 Å². The summed E-state index contributed by atoms with van der Waals surface area (Å²) in [4.78, 5) is 13.7. The van der Waals surface area contributed by atoms with Crippen LogP contribution in [0.1, 0.15) is 0 Å². The molecule has 5 nitrogen and oxygen atoms in total. The zero-order valence-electron chi connectivity index (χ0n) is 8.15. The number of carbonyl (C=O) groups is 1. The molecule has 1 amide bonds. The number of morpholine rings is 1. The lowest BCUT2D eigenvalue weighted by molar-refractivity contribution is -0.139. The Morgan fingerprint density at radius 2 is 1.93 bits per heavy atom. The second kappa shape index (κ2) is 4.25. The average molecular weight is 200 g/mol. The van der Waals surface area contributed by atoms with E-state index in [4.69, 9.17) is 15.2 Å². The summed E-state index contributed by atoms with van der Waals surface area (Å²) in [6.07, 6.45) is 0. The Bertz CT molecular complexity index is 216. The van der Waals surface area contributed by atoms with Gasteiger partial charge in [-0.1, -0.05) is 0 Å². The summed E-state index contributed by atoms with van der Waals surface area (Å²) in [5.41, 5.74) is 5.78. The van der Waals surface area contributed by atoms with Crippen LogP contribution in [0.15, 0.2) is 0 Å². The van der Waals surface area contributed by atoms with Crippen LogP contribution >= 0.6 is 0 Å². The van der Waals surface area contributed by atoms with E-state index in [0.717, 1.165) is 0 Å². The quantitative estimate of drug-likeness (QED) is 0.578. The third kappa shape index (κ3) is 1.89. The molecular weight excluding hydrogens is 184 g/mol. The van der Waals surface area contributed by atoms with Gasteiger partial charge in [-0.25, -0.2) is 0 Å². The molecule has 0 aromatic carbocycles. The van der Waals surface area contributed by atoms with E-state index in [1.165, 1.54) is 0 Å². The minimum absolute atomic E-state index is 0.123. The molecule has 2 atom stereocenters. The first-order valence-corrected chi connectivity index (χ1v) is 4.99. The molecule has 2 saturated heterocycles. The van der Waals surface area contributed by atoms with E-state index < -0.39 is 0 Å². The van der Waals surface area contributed by atoms with Gasteiger partial charge in [0.1, 0.15) is 0 Å². The molecule has 0 aromatic rings. The van der Waals surface area contributed by atoms with Crippen LogP contribution in [0.5, 0.6) is 0 Å². The first-order valence-electron chi connectivity index (χ1n) is 4.99. The van der Waals surface area contributed by atoms with Crippen molar-refractivity contribution in [3.05, 3.63) is 0 Å². The number of rotatable bonds is 1. The molecule has 2 rings (SSSR count). The molecule has 80 valence electrons. The summed E-state index contributed by atoms with van der Waals surface area (Å²) >= 11 is 0. The van der Waals surface area contributed by atoms with Crippen molar-refractivity contribution in [3.8, 4) is 0 Å². The van der Waals surface area contributed by atoms with Gasteiger partial charge in [0.2, 0.25) is 5.91 Å². The summed E-state index contributed by atoms with van der Waals surface area (Å²) in [5, 5.41) is 0. The van der Waals surface area contributed by atoms with Crippen molar-refractivity contribution in [2.45, 2.75) is 6.04 Å². The molecule has 14 heavy (non-hydrogen) atoms. The highest BCUT2D eigenvalue weighted by Gasteiger charge is 2.34. The highest BCUT2D eigenvalue weighted by molar-refractivity contribution is 5.80.